The predicted molar refractivity (Wildman–Crippen MR) is 139 cm³/mol. The van der Waals surface area contributed by atoms with Crippen LogP contribution in [0.4, 0.5) is 5.82 Å². The minimum atomic E-state index is -4.34. The minimum absolute atomic E-state index is 0.163. The first kappa shape index (κ1) is 28.0. The van der Waals surface area contributed by atoms with E-state index in [0.717, 1.165) is 25.7 Å². The third kappa shape index (κ3) is 5.66. The molecule has 1 saturated heterocycles. The number of hydrogen-bond donors (Lipinski definition) is 4. The van der Waals surface area contributed by atoms with Gasteiger partial charge in [0.2, 0.25) is 5.60 Å². The summed E-state index contributed by atoms with van der Waals surface area (Å²) in [6.07, 6.45) is -0.101. The molecule has 0 amide bonds. The van der Waals surface area contributed by atoms with Gasteiger partial charge in [-0.1, -0.05) is 18.2 Å². The Bertz CT molecular complexity index is 1440. The molecular formula is C25H29N6O8P. The first-order valence-corrected chi connectivity index (χ1v) is 14.2. The normalized spacial score (nSPS) is 26.4. The average molecular weight is 573 g/mol. The Morgan fingerprint density at radius 2 is 2.00 bits per heavy atom. The lowest BCUT2D eigenvalue weighted by Gasteiger charge is -2.27. The highest BCUT2D eigenvalue weighted by Crippen LogP contribution is 2.48. The van der Waals surface area contributed by atoms with E-state index in [-0.39, 0.29) is 17.7 Å². The van der Waals surface area contributed by atoms with Crippen LogP contribution < -0.4 is 15.3 Å². The summed E-state index contributed by atoms with van der Waals surface area (Å²) >= 11 is 0. The monoisotopic (exact) mass is 572 g/mol. The maximum absolute atomic E-state index is 13.7. The van der Waals surface area contributed by atoms with Gasteiger partial charge in [-0.2, -0.15) is 10.4 Å². The fourth-order valence-electron chi connectivity index (χ4n) is 4.78. The minimum Gasteiger partial charge on any atom is -0.461 e. The maximum atomic E-state index is 13.7. The van der Waals surface area contributed by atoms with E-state index in [4.69, 9.17) is 24.3 Å². The van der Waals surface area contributed by atoms with Crippen LogP contribution >= 0.6 is 7.75 Å². The molecule has 212 valence electrons. The molecule has 14 nitrogen and oxygen atoms in total. The van der Waals surface area contributed by atoms with Gasteiger partial charge in [-0.05, 0) is 49.9 Å². The van der Waals surface area contributed by atoms with Crippen molar-refractivity contribution in [3.05, 3.63) is 54.5 Å². The number of rotatable bonds is 10. The number of benzene rings is 1. The van der Waals surface area contributed by atoms with Gasteiger partial charge in [-0.25, -0.2) is 19.2 Å². The number of nitrogens with two attached hydrogens (primary N) is 1. The summed E-state index contributed by atoms with van der Waals surface area (Å²) in [5.74, 6) is -0.298. The Balaban J connectivity index is 1.34. The molecule has 0 unspecified atom stereocenters. The molecule has 3 heterocycles. The molecule has 0 bridgehead atoms. The quantitative estimate of drug-likeness (QED) is 0.202. The molecule has 0 spiro atoms. The molecule has 5 N–H and O–H groups in total. The summed E-state index contributed by atoms with van der Waals surface area (Å²) in [7, 11) is -4.34. The summed E-state index contributed by atoms with van der Waals surface area (Å²) in [4.78, 5) is 16.3. The van der Waals surface area contributed by atoms with E-state index in [0.29, 0.717) is 11.2 Å². The predicted octanol–water partition coefficient (Wildman–Crippen LogP) is 1.65. The second-order valence-electron chi connectivity index (χ2n) is 9.58. The lowest BCUT2D eigenvalue weighted by molar-refractivity contribution is -0.147. The standard InChI is InChI=1S/C25H29N6O8P/c26-13-25(23(34)21(33)22(38-25)18-10-11-19-24(27)28-15-29-31(18)19)14-36-40(35,39-17-8-2-1-3-9-17)30-12-20(32)37-16-6-4-5-7-16/h1-3,8-11,15-16,21-23,33-34H,4-7,12,14H2,(H,30,35)(H2,27,28,29)/t21-,22-,23-,25+,40+/m0/s1. The molecular weight excluding hydrogens is 543 g/mol. The van der Waals surface area contributed by atoms with E-state index in [2.05, 4.69) is 15.2 Å². The second kappa shape index (κ2) is 11.5. The summed E-state index contributed by atoms with van der Waals surface area (Å²) in [6, 6.07) is 13.1. The number of ether oxygens (including phenoxy) is 2. The number of nitrogens with zero attached hydrogens (tertiary/aromatic N) is 4. The van der Waals surface area contributed by atoms with Gasteiger partial charge in [-0.15, -0.1) is 0 Å². The molecule has 15 heteroatoms. The molecule has 2 fully saturated rings. The first-order valence-electron chi connectivity index (χ1n) is 12.7. The molecule has 1 aromatic carbocycles. The molecule has 1 saturated carbocycles. The van der Waals surface area contributed by atoms with E-state index in [1.54, 1.807) is 30.3 Å². The van der Waals surface area contributed by atoms with E-state index < -0.39 is 50.8 Å². The number of esters is 1. The number of carbonyl (C=O) groups is 1. The highest BCUT2D eigenvalue weighted by Gasteiger charge is 2.57. The van der Waals surface area contributed by atoms with Crippen molar-refractivity contribution >= 4 is 25.1 Å². The molecule has 0 radical (unpaired) electrons. The van der Waals surface area contributed by atoms with Crippen molar-refractivity contribution in [3.63, 3.8) is 0 Å². The van der Waals surface area contributed by atoms with Crippen LogP contribution in [0.1, 0.15) is 37.5 Å². The Morgan fingerprint density at radius 1 is 1.25 bits per heavy atom. The van der Waals surface area contributed by atoms with Crippen LogP contribution in [-0.4, -0.2) is 67.8 Å². The number of carbonyl (C=O) groups excluding carboxylic acids is 1. The van der Waals surface area contributed by atoms with Gasteiger partial charge in [0.25, 0.3) is 0 Å². The third-order valence-electron chi connectivity index (χ3n) is 6.88. The molecule has 40 heavy (non-hydrogen) atoms. The molecule has 5 rings (SSSR count). The summed E-state index contributed by atoms with van der Waals surface area (Å²) in [5.41, 5.74) is 4.45. The van der Waals surface area contributed by atoms with Crippen LogP contribution in [0.5, 0.6) is 5.75 Å². The Kier molecular flexibility index (Phi) is 8.04. The summed E-state index contributed by atoms with van der Waals surface area (Å²) in [5, 5.41) is 38.4. The molecule has 1 aliphatic carbocycles. The van der Waals surface area contributed by atoms with Crippen molar-refractivity contribution in [3.8, 4) is 11.8 Å². The van der Waals surface area contributed by atoms with Gasteiger partial charge in [0, 0.05) is 0 Å². The zero-order chi connectivity index (χ0) is 28.3. The fourth-order valence-corrected chi connectivity index (χ4v) is 6.07. The Morgan fingerprint density at radius 3 is 2.73 bits per heavy atom. The lowest BCUT2D eigenvalue weighted by Crippen LogP contribution is -2.46. The molecule has 2 aliphatic rings. The number of aliphatic hydroxyl groups is 2. The number of nitrogen functional groups attached to an aromatic ring is 1. The van der Waals surface area contributed by atoms with Gasteiger partial charge in [-0.3, -0.25) is 9.32 Å². The Hall–Kier alpha value is -3.57. The van der Waals surface area contributed by atoms with Crippen molar-refractivity contribution < 1.29 is 38.1 Å². The van der Waals surface area contributed by atoms with Crippen molar-refractivity contribution in [2.75, 3.05) is 18.9 Å². The van der Waals surface area contributed by atoms with Crippen molar-refractivity contribution in [2.45, 2.75) is 55.7 Å². The van der Waals surface area contributed by atoms with Crippen molar-refractivity contribution in [1.82, 2.24) is 19.7 Å². The zero-order valence-electron chi connectivity index (χ0n) is 21.3. The van der Waals surface area contributed by atoms with Crippen LogP contribution in [0.15, 0.2) is 48.8 Å². The van der Waals surface area contributed by atoms with Crippen LogP contribution in [0, 0.1) is 11.3 Å². The van der Waals surface area contributed by atoms with Crippen molar-refractivity contribution in [2.24, 2.45) is 0 Å². The highest BCUT2D eigenvalue weighted by molar-refractivity contribution is 7.52. The SMILES string of the molecule is N#C[C@]1(CO[P@](=O)(NCC(=O)OC2CCCC2)Oc2ccccc2)O[C@@H](c2ccc3c(N)ncnn23)[C@H](O)[C@@H]1O. The fraction of sp³-hybridized carbons (Fsp3) is 0.440. The van der Waals surface area contributed by atoms with Crippen LogP contribution in [0.25, 0.3) is 5.52 Å². The van der Waals surface area contributed by atoms with E-state index in [1.165, 1.54) is 23.0 Å². The molecule has 2 aromatic heterocycles. The number of para-hydroxylation sites is 1. The average Bonchev–Trinajstić information content (AvgIpc) is 3.68. The highest BCUT2D eigenvalue weighted by atomic mass is 31.2. The van der Waals surface area contributed by atoms with Gasteiger partial charge in [0.05, 0.1) is 5.69 Å². The number of hydrogen-bond acceptors (Lipinski definition) is 12. The number of aromatic nitrogens is 3. The third-order valence-corrected chi connectivity index (χ3v) is 8.34. The zero-order valence-corrected chi connectivity index (χ0v) is 22.2. The first-order chi connectivity index (χ1) is 19.2. The number of anilines is 1. The van der Waals surface area contributed by atoms with Crippen LogP contribution in [0.2, 0.25) is 0 Å². The van der Waals surface area contributed by atoms with Crippen LogP contribution in [-0.2, 0) is 23.4 Å². The van der Waals surface area contributed by atoms with E-state index in [1.807, 2.05) is 6.07 Å². The second-order valence-corrected chi connectivity index (χ2v) is 11.3. The van der Waals surface area contributed by atoms with Gasteiger partial charge >= 0.3 is 13.7 Å². The van der Waals surface area contributed by atoms with Gasteiger partial charge < -0.3 is 29.9 Å². The summed E-state index contributed by atoms with van der Waals surface area (Å²) < 4.78 is 37.5. The lowest BCUT2D eigenvalue weighted by atomic mass is 9.96. The molecule has 1 aliphatic heterocycles. The van der Waals surface area contributed by atoms with E-state index >= 15 is 0 Å². The maximum Gasteiger partial charge on any atom is 0.459 e. The molecule has 3 aromatic rings. The van der Waals surface area contributed by atoms with E-state index in [9.17, 15) is 24.8 Å². The Labute approximate surface area is 229 Å². The number of nitriles is 1. The van der Waals surface area contributed by atoms with Gasteiger partial charge in [0.15, 0.2) is 5.82 Å². The molecule has 5 atom stereocenters. The number of fused-ring (bicyclic) bond motifs is 1. The smallest absolute Gasteiger partial charge is 0.459 e. The largest absolute Gasteiger partial charge is 0.461 e. The van der Waals surface area contributed by atoms with Gasteiger partial charge in [0.1, 0.15) is 61.2 Å². The van der Waals surface area contributed by atoms with Crippen LogP contribution in [0.3, 0.4) is 0 Å². The van der Waals surface area contributed by atoms with Crippen molar-refractivity contribution in [1.29, 1.82) is 5.26 Å². The topological polar surface area (TPSA) is 204 Å². The summed E-state index contributed by atoms with van der Waals surface area (Å²) in [6.45, 7) is -1.28. The number of nitrogens with one attached hydrogen (secondary N) is 1. The number of aliphatic hydroxyl groups excluding tert-OH is 2.